The summed E-state index contributed by atoms with van der Waals surface area (Å²) in [5.74, 6) is 0.0284. The summed E-state index contributed by atoms with van der Waals surface area (Å²) < 4.78 is 5.18. The van der Waals surface area contributed by atoms with Gasteiger partial charge in [0.15, 0.2) is 0 Å². The molecule has 2 rings (SSSR count). The van der Waals surface area contributed by atoms with Gasteiger partial charge < -0.3 is 4.74 Å². The molecule has 1 heterocycles. The van der Waals surface area contributed by atoms with E-state index < -0.39 is 0 Å². The highest BCUT2D eigenvalue weighted by Crippen LogP contribution is 2.51. The molecule has 11 heavy (non-hydrogen) atoms. The Bertz CT molecular complexity index is 200. The van der Waals surface area contributed by atoms with E-state index in [1.165, 1.54) is 0 Å². The van der Waals surface area contributed by atoms with Crippen LogP contribution in [-0.2, 0) is 9.53 Å². The van der Waals surface area contributed by atoms with Gasteiger partial charge in [0, 0.05) is 6.42 Å². The third-order valence-corrected chi connectivity index (χ3v) is 3.86. The number of carbonyl (C=O) groups excluding carboxylic acids is 1. The lowest BCUT2D eigenvalue weighted by Crippen LogP contribution is -2.30. The highest BCUT2D eigenvalue weighted by Gasteiger charge is 2.57. The lowest BCUT2D eigenvalue weighted by atomic mass is 9.85. The van der Waals surface area contributed by atoms with E-state index in [-0.39, 0.29) is 17.5 Å². The molecule has 2 fully saturated rings. The Hall–Kier alpha value is -0.0500. The fourth-order valence-corrected chi connectivity index (χ4v) is 2.99. The molecule has 1 aliphatic heterocycles. The maximum absolute atomic E-state index is 11.3. The van der Waals surface area contributed by atoms with Crippen molar-refractivity contribution in [3.8, 4) is 0 Å². The van der Waals surface area contributed by atoms with Gasteiger partial charge in [0.1, 0.15) is 6.10 Å². The van der Waals surface area contributed by atoms with E-state index in [4.69, 9.17) is 4.74 Å². The van der Waals surface area contributed by atoms with Crippen molar-refractivity contribution < 1.29 is 9.53 Å². The molecule has 1 aliphatic carbocycles. The first kappa shape index (κ1) is 7.59. The van der Waals surface area contributed by atoms with Crippen molar-refractivity contribution in [1.29, 1.82) is 0 Å². The van der Waals surface area contributed by atoms with Gasteiger partial charge in [-0.05, 0) is 12.8 Å². The average molecular weight is 219 g/mol. The van der Waals surface area contributed by atoms with Crippen LogP contribution in [0.5, 0.6) is 0 Å². The number of ether oxygens (including phenoxy) is 1. The molecule has 3 heteroatoms. The van der Waals surface area contributed by atoms with Gasteiger partial charge in [0.25, 0.3) is 0 Å². The molecule has 2 nitrogen and oxygen atoms in total. The zero-order valence-corrected chi connectivity index (χ0v) is 8.06. The Kier molecular flexibility index (Phi) is 1.53. The lowest BCUT2D eigenvalue weighted by Gasteiger charge is -2.23. The van der Waals surface area contributed by atoms with E-state index in [1.54, 1.807) is 0 Å². The van der Waals surface area contributed by atoms with Crippen LogP contribution in [0.25, 0.3) is 0 Å². The molecule has 0 radical (unpaired) electrons. The van der Waals surface area contributed by atoms with Crippen LogP contribution in [-0.4, -0.2) is 16.9 Å². The lowest BCUT2D eigenvalue weighted by molar-refractivity contribution is -0.152. The second-order valence-electron chi connectivity index (χ2n) is 3.50. The summed E-state index contributed by atoms with van der Waals surface area (Å²) in [4.78, 5) is 11.7. The number of fused-ring (bicyclic) bond motifs is 2. The number of rotatable bonds is 1. The number of hydrogen-bond acceptors (Lipinski definition) is 2. The Morgan fingerprint density at radius 3 is 2.82 bits per heavy atom. The number of alkyl halides is 1. The van der Waals surface area contributed by atoms with Gasteiger partial charge in [-0.1, -0.05) is 22.9 Å². The van der Waals surface area contributed by atoms with E-state index in [0.29, 0.717) is 4.83 Å². The Balaban J connectivity index is 2.27. The zero-order chi connectivity index (χ0) is 8.06. The minimum absolute atomic E-state index is 0.0284. The molecule has 62 valence electrons. The fraction of sp³-hybridized carbons (Fsp3) is 0.875. The molecular weight excluding hydrogens is 208 g/mol. The summed E-state index contributed by atoms with van der Waals surface area (Å²) in [5, 5.41) is 0. The third kappa shape index (κ3) is 0.866. The van der Waals surface area contributed by atoms with Crippen molar-refractivity contribution in [1.82, 2.24) is 0 Å². The molecule has 2 bridgehead atoms. The predicted octanol–water partition coefficient (Wildman–Crippen LogP) is 1.87. The molecule has 0 aromatic heterocycles. The van der Waals surface area contributed by atoms with Crippen molar-refractivity contribution in [2.45, 2.75) is 37.1 Å². The summed E-state index contributed by atoms with van der Waals surface area (Å²) in [6.45, 7) is 2.06. The molecule has 2 aliphatic rings. The van der Waals surface area contributed by atoms with Gasteiger partial charge in [-0.25, -0.2) is 0 Å². The zero-order valence-electron chi connectivity index (χ0n) is 6.47. The topological polar surface area (TPSA) is 26.3 Å². The van der Waals surface area contributed by atoms with Gasteiger partial charge in [-0.3, -0.25) is 4.79 Å². The van der Waals surface area contributed by atoms with Crippen molar-refractivity contribution in [2.24, 2.45) is 5.41 Å². The van der Waals surface area contributed by atoms with Gasteiger partial charge >= 0.3 is 5.97 Å². The standard InChI is InChI=1S/C8H11BrO2/c1-2-8-3-5(9)6(4-8)11-7(8)10/h5-6H,2-4H2,1H3/t5-,6-,8+/m1/s1. The van der Waals surface area contributed by atoms with Crippen molar-refractivity contribution in [2.75, 3.05) is 0 Å². The van der Waals surface area contributed by atoms with Gasteiger partial charge in [-0.15, -0.1) is 0 Å². The van der Waals surface area contributed by atoms with E-state index in [1.807, 2.05) is 0 Å². The number of halogens is 1. The highest BCUT2D eigenvalue weighted by molar-refractivity contribution is 9.09. The maximum atomic E-state index is 11.3. The number of esters is 1. The molecule has 1 saturated heterocycles. The first-order valence-electron chi connectivity index (χ1n) is 4.03. The second kappa shape index (κ2) is 2.22. The summed E-state index contributed by atoms with van der Waals surface area (Å²) in [6, 6.07) is 0. The average Bonchev–Trinajstić information content (AvgIpc) is 2.43. The molecule has 0 amide bonds. The molecule has 0 aromatic rings. The van der Waals surface area contributed by atoms with Gasteiger partial charge in [-0.2, -0.15) is 0 Å². The Morgan fingerprint density at radius 1 is 1.73 bits per heavy atom. The molecule has 0 spiro atoms. The number of carbonyl (C=O) groups is 1. The minimum atomic E-state index is -0.126. The van der Waals surface area contributed by atoms with E-state index in [9.17, 15) is 4.79 Å². The van der Waals surface area contributed by atoms with Crippen LogP contribution in [0.2, 0.25) is 0 Å². The van der Waals surface area contributed by atoms with E-state index in [2.05, 4.69) is 22.9 Å². The maximum Gasteiger partial charge on any atom is 0.312 e. The van der Waals surface area contributed by atoms with Gasteiger partial charge in [0.05, 0.1) is 10.2 Å². The van der Waals surface area contributed by atoms with Crippen molar-refractivity contribution >= 4 is 21.9 Å². The second-order valence-corrected chi connectivity index (χ2v) is 4.68. The summed E-state index contributed by atoms with van der Waals surface area (Å²) in [7, 11) is 0. The molecule has 1 saturated carbocycles. The summed E-state index contributed by atoms with van der Waals surface area (Å²) in [6.07, 6.45) is 2.97. The molecule has 3 atom stereocenters. The predicted molar refractivity (Wildman–Crippen MR) is 44.6 cm³/mol. The van der Waals surface area contributed by atoms with Crippen LogP contribution < -0.4 is 0 Å². The molecule has 0 unspecified atom stereocenters. The van der Waals surface area contributed by atoms with Crippen molar-refractivity contribution in [3.63, 3.8) is 0 Å². The SMILES string of the molecule is CC[C@]12C[C@@H](Br)[C@@H](C1)OC2=O. The monoisotopic (exact) mass is 218 g/mol. The third-order valence-electron chi connectivity index (χ3n) is 2.95. The van der Waals surface area contributed by atoms with E-state index in [0.717, 1.165) is 19.3 Å². The van der Waals surface area contributed by atoms with Crippen LogP contribution in [0.15, 0.2) is 0 Å². The van der Waals surface area contributed by atoms with Crippen LogP contribution >= 0.6 is 15.9 Å². The van der Waals surface area contributed by atoms with E-state index >= 15 is 0 Å². The number of hydrogen-bond donors (Lipinski definition) is 0. The van der Waals surface area contributed by atoms with Gasteiger partial charge in [0.2, 0.25) is 0 Å². The fourth-order valence-electron chi connectivity index (χ4n) is 2.08. The highest BCUT2D eigenvalue weighted by atomic mass is 79.9. The molecule has 0 aromatic carbocycles. The Morgan fingerprint density at radius 2 is 2.45 bits per heavy atom. The van der Waals surface area contributed by atoms with Crippen LogP contribution in [0, 0.1) is 5.41 Å². The minimum Gasteiger partial charge on any atom is -0.461 e. The first-order chi connectivity index (χ1) is 5.18. The van der Waals surface area contributed by atoms with Crippen LogP contribution in [0.1, 0.15) is 26.2 Å². The molecular formula is C8H11BrO2. The smallest absolute Gasteiger partial charge is 0.312 e. The summed E-state index contributed by atoms with van der Waals surface area (Å²) in [5.41, 5.74) is -0.126. The quantitative estimate of drug-likeness (QED) is 0.497. The first-order valence-corrected chi connectivity index (χ1v) is 4.95. The van der Waals surface area contributed by atoms with Crippen molar-refractivity contribution in [3.05, 3.63) is 0 Å². The van der Waals surface area contributed by atoms with Crippen LogP contribution in [0.3, 0.4) is 0 Å². The summed E-state index contributed by atoms with van der Waals surface area (Å²) >= 11 is 3.52. The largest absolute Gasteiger partial charge is 0.461 e. The normalized spacial score (nSPS) is 48.0. The Labute approximate surface area is 74.4 Å². The molecule has 0 N–H and O–H groups in total. The van der Waals surface area contributed by atoms with Crippen LogP contribution in [0.4, 0.5) is 0 Å².